The fourth-order valence-electron chi connectivity index (χ4n) is 0.258. The Balaban J connectivity index is 0. The fraction of sp³-hybridized carbons (Fsp3) is 0.667. The summed E-state index contributed by atoms with van der Waals surface area (Å²) < 4.78 is 28.2. The first-order valence-electron chi connectivity index (χ1n) is 3.67. The van der Waals surface area contributed by atoms with Crippen LogP contribution in [0.4, 0.5) is 0 Å². The van der Waals surface area contributed by atoms with E-state index in [0.29, 0.717) is 5.88 Å². The molecule has 0 saturated carbocycles. The number of alkyl halides is 1. The van der Waals surface area contributed by atoms with Gasteiger partial charge in [-0.3, -0.25) is 4.55 Å². The van der Waals surface area contributed by atoms with Crippen LogP contribution in [-0.4, -0.2) is 63.7 Å². The first-order chi connectivity index (χ1) is 5.87. The van der Waals surface area contributed by atoms with Crippen LogP contribution in [0.5, 0.6) is 0 Å². The van der Waals surface area contributed by atoms with Crippen molar-refractivity contribution in [2.24, 2.45) is 0 Å². The van der Waals surface area contributed by atoms with Crippen LogP contribution >= 0.6 is 11.6 Å². The first kappa shape index (κ1) is 16.3. The predicted molar refractivity (Wildman–Crippen MR) is 53.9 cm³/mol. The van der Waals surface area contributed by atoms with Gasteiger partial charge in [0.25, 0.3) is 10.1 Å². The van der Waals surface area contributed by atoms with Crippen LogP contribution in [0, 0.1) is 0 Å². The van der Waals surface area contributed by atoms with Gasteiger partial charge in [-0.25, -0.2) is 0 Å². The van der Waals surface area contributed by atoms with E-state index in [0.717, 1.165) is 37.7 Å². The van der Waals surface area contributed by atoms with E-state index >= 15 is 0 Å². The van der Waals surface area contributed by atoms with Crippen molar-refractivity contribution in [1.29, 1.82) is 0 Å². The van der Waals surface area contributed by atoms with Gasteiger partial charge in [-0.1, -0.05) is 6.08 Å². The minimum atomic E-state index is -3.79. The van der Waals surface area contributed by atoms with Crippen LogP contribution in [0.3, 0.4) is 0 Å². The third-order valence-electron chi connectivity index (χ3n) is 0.978. The Hall–Kier alpha value is 0.900. The van der Waals surface area contributed by atoms with E-state index in [1.54, 1.807) is 0 Å². The molecular formula is C6H12ClNaO4S. The predicted octanol–water partition coefficient (Wildman–Crippen LogP) is 0.233. The molecule has 0 aliphatic rings. The van der Waals surface area contributed by atoms with E-state index in [1.165, 1.54) is 0 Å². The molecule has 13 heavy (non-hydrogen) atoms. The van der Waals surface area contributed by atoms with Gasteiger partial charge in [0.2, 0.25) is 0 Å². The monoisotopic (exact) mass is 238 g/mol. The Labute approximate surface area is 101 Å². The van der Waals surface area contributed by atoms with Crippen molar-refractivity contribution in [1.82, 2.24) is 0 Å². The Bertz CT molecular complexity index is 213. The van der Waals surface area contributed by atoms with Gasteiger partial charge < -0.3 is 0 Å². The Morgan fingerprint density at radius 1 is 1.62 bits per heavy atom. The average molecular weight is 239 g/mol. The molecule has 1 unspecified atom stereocenters. The van der Waals surface area contributed by atoms with Crippen molar-refractivity contribution in [2.75, 3.05) is 11.6 Å². The number of hydrogen-bond donors (Lipinski definition) is 2. The van der Waals surface area contributed by atoms with Crippen LogP contribution in [0.25, 0.3) is 0 Å². The first-order valence-corrected chi connectivity index (χ1v) is 7.23. The van der Waals surface area contributed by atoms with Crippen LogP contribution < -0.4 is 0 Å². The summed E-state index contributed by atoms with van der Waals surface area (Å²) in [6, 6.07) is 0. The van der Waals surface area contributed by atoms with Gasteiger partial charge in [0.15, 0.2) is 0 Å². The topological polar surface area (TPSA) is 74.6 Å². The van der Waals surface area contributed by atoms with E-state index in [1.807, 2.05) is 0 Å². The van der Waals surface area contributed by atoms with Crippen LogP contribution in [-0.2, 0) is 10.1 Å². The minimum absolute atomic E-state index is 0.238. The zero-order chi connectivity index (χ0) is 10.9. The van der Waals surface area contributed by atoms with Crippen LogP contribution in [0.2, 0.25) is 3.67 Å². The Kier molecular flexibility index (Phi) is 11.9. The molecule has 0 rings (SSSR count). The van der Waals surface area contributed by atoms with Gasteiger partial charge in [-0.05, 0) is 0 Å². The second-order valence-corrected chi connectivity index (χ2v) is 4.88. The number of rotatable bonds is 4. The molecule has 4 nitrogen and oxygen atoms in total. The molecule has 7 heteroatoms. The zero-order valence-electron chi connectivity index (χ0n) is 7.48. The van der Waals surface area contributed by atoms with Crippen LogP contribution in [0.1, 0.15) is 0 Å². The maximum absolute atomic E-state index is 9.72. The molecule has 0 fully saturated rings. The van der Waals surface area contributed by atoms with Crippen molar-refractivity contribution < 1.29 is 18.1 Å². The molecule has 0 aliphatic carbocycles. The summed E-state index contributed by atoms with van der Waals surface area (Å²) in [5.74, 6) is 0.0243. The van der Waals surface area contributed by atoms with E-state index in [2.05, 4.69) is 6.58 Å². The zero-order valence-corrected chi connectivity index (χ0v) is 11.1. The van der Waals surface area contributed by atoms with Gasteiger partial charge in [0, 0.05) is 0 Å². The van der Waals surface area contributed by atoms with Crippen molar-refractivity contribution in [3.8, 4) is 0 Å². The van der Waals surface area contributed by atoms with Crippen molar-refractivity contribution in [3.63, 3.8) is 0 Å². The average Bonchev–Trinajstić information content (AvgIpc) is 2.02. The SMILES string of the molecule is C=CCS(=O)(=O)O.OC([CH2][Na])CCl. The molecule has 0 aromatic rings. The quantitative estimate of drug-likeness (QED) is 0.318. The number of aliphatic hydroxyl groups excluding tert-OH is 1. The molecular weight excluding hydrogens is 227 g/mol. The number of halogens is 1. The number of hydrogen-bond acceptors (Lipinski definition) is 3. The van der Waals surface area contributed by atoms with Gasteiger partial charge in [0.1, 0.15) is 0 Å². The van der Waals surface area contributed by atoms with Gasteiger partial charge in [-0.2, -0.15) is 8.42 Å². The van der Waals surface area contributed by atoms with Crippen molar-refractivity contribution in [2.45, 2.75) is 9.77 Å². The van der Waals surface area contributed by atoms with Gasteiger partial charge >= 0.3 is 60.3 Å². The van der Waals surface area contributed by atoms with E-state index < -0.39 is 10.1 Å². The molecule has 0 bridgehead atoms. The fourth-order valence-corrected chi connectivity index (χ4v) is 1.43. The van der Waals surface area contributed by atoms with Gasteiger partial charge in [0.05, 0.1) is 5.75 Å². The van der Waals surface area contributed by atoms with Crippen LogP contribution in [0.15, 0.2) is 12.7 Å². The van der Waals surface area contributed by atoms with Gasteiger partial charge in [-0.15, -0.1) is 6.58 Å². The Morgan fingerprint density at radius 2 is 2.08 bits per heavy atom. The molecule has 0 aromatic heterocycles. The molecule has 0 aliphatic heterocycles. The Morgan fingerprint density at radius 3 is 2.08 bits per heavy atom. The summed E-state index contributed by atoms with van der Waals surface area (Å²) >= 11 is 6.27. The third-order valence-corrected chi connectivity index (χ3v) is 2.93. The molecule has 0 heterocycles. The summed E-state index contributed by atoms with van der Waals surface area (Å²) in [6.45, 7) is 3.11. The van der Waals surface area contributed by atoms with E-state index in [-0.39, 0.29) is 11.9 Å². The standard InChI is InChI=1S/C3H6ClO.C3H6O3S.Na/c1-3(5)2-4;1-2-3-7(4,5)6;/h3,5H,1-2H2;2H,1,3H2,(H,4,5,6);. The second-order valence-electron chi connectivity index (χ2n) is 2.25. The molecule has 1 atom stereocenters. The maximum atomic E-state index is 9.72. The molecule has 2 N–H and O–H groups in total. The summed E-state index contributed by atoms with van der Waals surface area (Å²) in [4.78, 5) is 0. The summed E-state index contributed by atoms with van der Waals surface area (Å²) in [6.07, 6.45) is 0.883. The third kappa shape index (κ3) is 19.3. The number of aliphatic hydroxyl groups is 1. The molecule has 0 saturated heterocycles. The summed E-state index contributed by atoms with van der Waals surface area (Å²) in [5.41, 5.74) is 0. The second kappa shape index (κ2) is 9.45. The molecule has 0 aromatic carbocycles. The normalized spacial score (nSPS) is 12.7. The molecule has 0 amide bonds. The van der Waals surface area contributed by atoms with Crippen molar-refractivity contribution in [3.05, 3.63) is 12.7 Å². The van der Waals surface area contributed by atoms with Crippen molar-refractivity contribution >= 4 is 49.6 Å². The van der Waals surface area contributed by atoms with E-state index in [4.69, 9.17) is 21.3 Å². The molecule has 0 radical (unpaired) electrons. The summed E-state index contributed by atoms with van der Waals surface area (Å²) in [7, 11) is -3.79. The molecule has 0 spiro atoms. The molecule has 74 valence electrons. The van der Waals surface area contributed by atoms with E-state index in [9.17, 15) is 8.42 Å². The summed E-state index contributed by atoms with van der Waals surface area (Å²) in [5, 5.41) is 8.57.